The van der Waals surface area contributed by atoms with E-state index in [4.69, 9.17) is 9.47 Å². The molecule has 0 radical (unpaired) electrons. The van der Waals surface area contributed by atoms with E-state index < -0.39 is 0 Å². The molecule has 4 heteroatoms. The van der Waals surface area contributed by atoms with Gasteiger partial charge in [0.15, 0.2) is 0 Å². The first-order chi connectivity index (χ1) is 9.72. The minimum absolute atomic E-state index is 0.781. The summed E-state index contributed by atoms with van der Waals surface area (Å²) in [4.78, 5) is 1.53. The monoisotopic (exact) mass is 282 g/mol. The van der Waals surface area contributed by atoms with Crippen molar-refractivity contribution in [1.29, 1.82) is 0 Å². The lowest BCUT2D eigenvalue weighted by Crippen LogP contribution is -3.06. The lowest BCUT2D eigenvalue weighted by Gasteiger charge is -2.08. The summed E-state index contributed by atoms with van der Waals surface area (Å²) in [6.07, 6.45) is 3.61. The molecule has 0 saturated heterocycles. The second kappa shape index (κ2) is 10.5. The molecule has 0 atom stereocenters. The average molecular weight is 282 g/mol. The van der Waals surface area contributed by atoms with Gasteiger partial charge in [-0.3, -0.25) is 0 Å². The van der Waals surface area contributed by atoms with Crippen molar-refractivity contribution < 1.29 is 19.7 Å². The molecular formula is C16H30N2O2+2. The highest BCUT2D eigenvalue weighted by Gasteiger charge is 1.98. The van der Waals surface area contributed by atoms with Crippen molar-refractivity contribution in [2.75, 3.05) is 47.4 Å². The molecular weight excluding hydrogens is 252 g/mol. The predicted octanol–water partition coefficient (Wildman–Crippen LogP) is -0.0478. The number of hydrogen-bond donors (Lipinski definition) is 2. The fourth-order valence-electron chi connectivity index (χ4n) is 2.02. The Morgan fingerprint density at radius 1 is 1.05 bits per heavy atom. The van der Waals surface area contributed by atoms with Gasteiger partial charge in [-0.2, -0.15) is 0 Å². The molecule has 0 bridgehead atoms. The average Bonchev–Trinajstić information content (AvgIpc) is 2.45. The molecule has 20 heavy (non-hydrogen) atoms. The van der Waals surface area contributed by atoms with Gasteiger partial charge in [-0.25, -0.2) is 0 Å². The summed E-state index contributed by atoms with van der Waals surface area (Å²) in [6, 6.07) is 7.78. The van der Waals surface area contributed by atoms with Crippen LogP contribution >= 0.6 is 0 Å². The maximum absolute atomic E-state index is 5.71. The Bertz CT molecular complexity index is 356. The molecule has 0 aromatic heterocycles. The fraction of sp³-hybridized carbons (Fsp3) is 0.625. The Balaban J connectivity index is 1.96. The number of nitrogens with one attached hydrogen (secondary N) is 1. The van der Waals surface area contributed by atoms with E-state index >= 15 is 0 Å². The van der Waals surface area contributed by atoms with Crippen molar-refractivity contribution in [3.05, 3.63) is 24.3 Å². The minimum Gasteiger partial charge on any atom is -0.497 e. The first-order valence-electron chi connectivity index (χ1n) is 7.60. The van der Waals surface area contributed by atoms with Crippen LogP contribution in [0, 0.1) is 0 Å². The molecule has 1 aromatic rings. The van der Waals surface area contributed by atoms with Gasteiger partial charge in [0.25, 0.3) is 0 Å². The topological polar surface area (TPSA) is 39.5 Å². The van der Waals surface area contributed by atoms with Gasteiger partial charge >= 0.3 is 0 Å². The summed E-state index contributed by atoms with van der Waals surface area (Å²) < 4.78 is 10.9. The molecule has 0 amide bonds. The quantitative estimate of drug-likeness (QED) is 0.559. The number of nitrogens with two attached hydrogens (primary N) is 1. The molecule has 4 nitrogen and oxygen atoms in total. The normalized spacial score (nSPS) is 10.8. The van der Waals surface area contributed by atoms with E-state index in [1.807, 2.05) is 24.3 Å². The third-order valence-electron chi connectivity index (χ3n) is 3.20. The van der Waals surface area contributed by atoms with Crippen LogP contribution in [0.3, 0.4) is 0 Å². The maximum Gasteiger partial charge on any atom is 0.122 e. The first-order valence-corrected chi connectivity index (χ1v) is 7.60. The zero-order valence-electron chi connectivity index (χ0n) is 13.2. The standard InChI is InChI=1S/C16H28N2O2/c1-18(2)12-7-11-17-10-4-5-13-20-16-9-6-8-15(14-16)19-3/h6,8-9,14,17H,4-5,7,10-13H2,1-3H3/p+2. The summed E-state index contributed by atoms with van der Waals surface area (Å²) in [5.41, 5.74) is 0. The van der Waals surface area contributed by atoms with Gasteiger partial charge in [-0.1, -0.05) is 6.07 Å². The van der Waals surface area contributed by atoms with E-state index in [1.54, 1.807) is 7.11 Å². The van der Waals surface area contributed by atoms with E-state index in [1.165, 1.54) is 37.4 Å². The summed E-state index contributed by atoms with van der Waals surface area (Å²) in [5, 5.41) is 2.41. The van der Waals surface area contributed by atoms with Gasteiger partial charge in [0.2, 0.25) is 0 Å². The molecule has 1 aromatic carbocycles. The van der Waals surface area contributed by atoms with Gasteiger partial charge in [0.05, 0.1) is 47.4 Å². The van der Waals surface area contributed by atoms with Crippen LogP contribution in [-0.4, -0.2) is 47.4 Å². The van der Waals surface area contributed by atoms with Crippen LogP contribution in [0.2, 0.25) is 0 Å². The van der Waals surface area contributed by atoms with Crippen LogP contribution in [0.15, 0.2) is 24.3 Å². The lowest BCUT2D eigenvalue weighted by molar-refractivity contribution is -0.860. The number of methoxy groups -OCH3 is 1. The molecule has 114 valence electrons. The summed E-state index contributed by atoms with van der Waals surface area (Å²) in [5.74, 6) is 1.74. The van der Waals surface area contributed by atoms with Gasteiger partial charge < -0.3 is 19.7 Å². The highest BCUT2D eigenvalue weighted by molar-refractivity contribution is 5.32. The van der Waals surface area contributed by atoms with Crippen LogP contribution in [0.25, 0.3) is 0 Å². The van der Waals surface area contributed by atoms with Crippen LogP contribution in [0.1, 0.15) is 19.3 Å². The molecule has 3 N–H and O–H groups in total. The Kier molecular flexibility index (Phi) is 8.83. The summed E-state index contributed by atoms with van der Waals surface area (Å²) >= 11 is 0. The molecule has 0 fully saturated rings. The molecule has 0 aliphatic rings. The van der Waals surface area contributed by atoms with Gasteiger partial charge in [-0.15, -0.1) is 0 Å². The molecule has 1 rings (SSSR count). The van der Waals surface area contributed by atoms with Crippen molar-refractivity contribution in [3.63, 3.8) is 0 Å². The Morgan fingerprint density at radius 3 is 2.55 bits per heavy atom. The fourth-order valence-corrected chi connectivity index (χ4v) is 2.02. The molecule has 0 aliphatic heterocycles. The molecule has 0 saturated carbocycles. The van der Waals surface area contributed by atoms with Crippen molar-refractivity contribution in [3.8, 4) is 11.5 Å². The van der Waals surface area contributed by atoms with E-state index in [0.717, 1.165) is 24.5 Å². The number of quaternary nitrogens is 2. The third kappa shape index (κ3) is 8.02. The van der Waals surface area contributed by atoms with Gasteiger partial charge in [0, 0.05) is 12.5 Å². The number of ether oxygens (including phenoxy) is 2. The van der Waals surface area contributed by atoms with Crippen LogP contribution in [-0.2, 0) is 0 Å². The van der Waals surface area contributed by atoms with Crippen molar-refractivity contribution in [2.45, 2.75) is 19.3 Å². The maximum atomic E-state index is 5.71. The first kappa shape index (κ1) is 16.8. The van der Waals surface area contributed by atoms with E-state index in [2.05, 4.69) is 19.4 Å². The predicted molar refractivity (Wildman–Crippen MR) is 81.7 cm³/mol. The zero-order chi connectivity index (χ0) is 14.6. The second-order valence-electron chi connectivity index (χ2n) is 5.41. The number of hydrogen-bond acceptors (Lipinski definition) is 2. The minimum atomic E-state index is 0.781. The number of unbranched alkanes of at least 4 members (excludes halogenated alkanes) is 1. The van der Waals surface area contributed by atoms with Crippen LogP contribution in [0.4, 0.5) is 0 Å². The van der Waals surface area contributed by atoms with Crippen LogP contribution in [0.5, 0.6) is 11.5 Å². The SMILES string of the molecule is COc1cccc(OCCCC[NH2+]CCC[NH+](C)C)c1. The number of benzene rings is 1. The van der Waals surface area contributed by atoms with Crippen molar-refractivity contribution in [1.82, 2.24) is 0 Å². The molecule has 0 aliphatic carbocycles. The van der Waals surface area contributed by atoms with Crippen molar-refractivity contribution in [2.24, 2.45) is 0 Å². The molecule has 0 spiro atoms. The van der Waals surface area contributed by atoms with Gasteiger partial charge in [0.1, 0.15) is 11.5 Å². The second-order valence-corrected chi connectivity index (χ2v) is 5.41. The van der Waals surface area contributed by atoms with E-state index in [0.29, 0.717) is 0 Å². The summed E-state index contributed by atoms with van der Waals surface area (Å²) in [7, 11) is 6.08. The third-order valence-corrected chi connectivity index (χ3v) is 3.20. The molecule has 0 heterocycles. The summed E-state index contributed by atoms with van der Waals surface area (Å²) in [6.45, 7) is 4.48. The number of rotatable bonds is 11. The van der Waals surface area contributed by atoms with Crippen molar-refractivity contribution >= 4 is 0 Å². The van der Waals surface area contributed by atoms with E-state index in [9.17, 15) is 0 Å². The Hall–Kier alpha value is -1.26. The highest BCUT2D eigenvalue weighted by Crippen LogP contribution is 2.18. The van der Waals surface area contributed by atoms with Crippen LogP contribution < -0.4 is 19.7 Å². The molecule has 0 unspecified atom stereocenters. The highest BCUT2D eigenvalue weighted by atomic mass is 16.5. The smallest absolute Gasteiger partial charge is 0.122 e. The largest absolute Gasteiger partial charge is 0.497 e. The van der Waals surface area contributed by atoms with E-state index in [-0.39, 0.29) is 0 Å². The Labute approximate surface area is 123 Å². The zero-order valence-corrected chi connectivity index (χ0v) is 13.2. The Morgan fingerprint density at radius 2 is 1.80 bits per heavy atom. The van der Waals surface area contributed by atoms with Gasteiger partial charge in [-0.05, 0) is 25.0 Å². The lowest BCUT2D eigenvalue weighted by atomic mass is 10.3.